The van der Waals surface area contributed by atoms with Gasteiger partial charge in [-0.25, -0.2) is 0 Å². The predicted molar refractivity (Wildman–Crippen MR) is 49.8 cm³/mol. The summed E-state index contributed by atoms with van der Waals surface area (Å²) in [6.07, 6.45) is 0. The van der Waals surface area contributed by atoms with Crippen molar-refractivity contribution in [3.63, 3.8) is 0 Å². The average molecular weight is 173 g/mol. The highest BCUT2D eigenvalue weighted by Crippen LogP contribution is 2.19. The first-order chi connectivity index (χ1) is 5.20. The number of rotatable bonds is 1. The summed E-state index contributed by atoms with van der Waals surface area (Å²) in [5, 5.41) is 9.10. The van der Waals surface area contributed by atoms with E-state index >= 15 is 0 Å². The molecule has 0 atom stereocenters. The molecule has 1 aromatic rings. The average Bonchev–Trinajstić information content (AvgIpc) is 2.40. The molecule has 0 fully saturated rings. The lowest BCUT2D eigenvalue weighted by atomic mass is 10.2. The van der Waals surface area contributed by atoms with Crippen molar-refractivity contribution in [1.29, 1.82) is 0 Å². The van der Waals surface area contributed by atoms with E-state index in [0.29, 0.717) is 11.0 Å². The Morgan fingerprint density at radius 1 is 1.27 bits per heavy atom. The molecular weight excluding hydrogens is 158 g/mol. The Morgan fingerprint density at radius 2 is 1.82 bits per heavy atom. The fourth-order valence-electron chi connectivity index (χ4n) is 0.480. The first-order valence-corrected chi connectivity index (χ1v) is 4.60. The van der Waals surface area contributed by atoms with Gasteiger partial charge in [-0.15, -0.1) is 10.2 Å². The summed E-state index contributed by atoms with van der Waals surface area (Å²) < 4.78 is 0. The number of nitrogen functional groups attached to an aromatic ring is 1. The standard InChI is InChI=1S/C5H9N3S.C2H6/c1-3(2)4-7-8-5(6)9-4;1-2/h3H,1-2H3,(H2,6,8);1-2H3. The highest BCUT2D eigenvalue weighted by atomic mass is 32.1. The zero-order valence-electron chi connectivity index (χ0n) is 7.46. The highest BCUT2D eigenvalue weighted by Gasteiger charge is 2.03. The molecular formula is C7H15N3S. The van der Waals surface area contributed by atoms with Crippen LogP contribution < -0.4 is 5.73 Å². The normalized spacial score (nSPS) is 9.18. The van der Waals surface area contributed by atoms with Gasteiger partial charge in [-0.2, -0.15) is 0 Å². The van der Waals surface area contributed by atoms with Crippen molar-refractivity contribution in [3.8, 4) is 0 Å². The highest BCUT2D eigenvalue weighted by molar-refractivity contribution is 7.15. The zero-order chi connectivity index (χ0) is 8.85. The second kappa shape index (κ2) is 5.07. The van der Waals surface area contributed by atoms with E-state index in [4.69, 9.17) is 5.73 Å². The largest absolute Gasteiger partial charge is 0.374 e. The molecule has 0 unspecified atom stereocenters. The minimum atomic E-state index is 0.444. The summed E-state index contributed by atoms with van der Waals surface area (Å²) in [6.45, 7) is 8.14. The summed E-state index contributed by atoms with van der Waals surface area (Å²) in [4.78, 5) is 0. The van der Waals surface area contributed by atoms with Gasteiger partial charge in [-0.3, -0.25) is 0 Å². The Bertz CT molecular complexity index is 195. The lowest BCUT2D eigenvalue weighted by Crippen LogP contribution is -1.84. The van der Waals surface area contributed by atoms with E-state index in [1.807, 2.05) is 13.8 Å². The molecule has 0 saturated heterocycles. The zero-order valence-corrected chi connectivity index (χ0v) is 8.27. The summed E-state index contributed by atoms with van der Waals surface area (Å²) in [5.41, 5.74) is 5.36. The number of nitrogens with two attached hydrogens (primary N) is 1. The minimum absolute atomic E-state index is 0.444. The maximum Gasteiger partial charge on any atom is 0.203 e. The van der Waals surface area contributed by atoms with E-state index in [1.54, 1.807) is 0 Å². The summed E-state index contributed by atoms with van der Waals surface area (Å²) in [6, 6.07) is 0. The van der Waals surface area contributed by atoms with Crippen molar-refractivity contribution >= 4 is 16.5 Å². The topological polar surface area (TPSA) is 51.8 Å². The van der Waals surface area contributed by atoms with Gasteiger partial charge in [0.15, 0.2) is 0 Å². The lowest BCUT2D eigenvalue weighted by Gasteiger charge is -1.92. The molecule has 11 heavy (non-hydrogen) atoms. The first kappa shape index (κ1) is 10.4. The van der Waals surface area contributed by atoms with Crippen molar-refractivity contribution in [2.24, 2.45) is 0 Å². The van der Waals surface area contributed by atoms with Crippen LogP contribution in [-0.2, 0) is 0 Å². The van der Waals surface area contributed by atoms with E-state index in [2.05, 4.69) is 24.0 Å². The minimum Gasteiger partial charge on any atom is -0.374 e. The number of nitrogens with zero attached hydrogens (tertiary/aromatic N) is 2. The van der Waals surface area contributed by atoms with Crippen LogP contribution in [0.5, 0.6) is 0 Å². The third-order valence-electron chi connectivity index (χ3n) is 0.950. The van der Waals surface area contributed by atoms with Crippen LogP contribution in [-0.4, -0.2) is 10.2 Å². The number of aromatic nitrogens is 2. The summed E-state index contributed by atoms with van der Waals surface area (Å²) >= 11 is 1.45. The van der Waals surface area contributed by atoms with Crippen LogP contribution in [0.15, 0.2) is 0 Å². The van der Waals surface area contributed by atoms with Crippen molar-refractivity contribution in [1.82, 2.24) is 10.2 Å². The third-order valence-corrected chi connectivity index (χ3v) is 2.00. The maximum atomic E-state index is 5.36. The number of hydrogen-bond acceptors (Lipinski definition) is 4. The molecule has 0 aliphatic carbocycles. The van der Waals surface area contributed by atoms with Crippen LogP contribution in [0.1, 0.15) is 38.6 Å². The molecule has 0 spiro atoms. The second-order valence-electron chi connectivity index (χ2n) is 2.13. The number of hydrogen-bond donors (Lipinski definition) is 1. The molecule has 0 bridgehead atoms. The molecule has 0 aliphatic rings. The van der Waals surface area contributed by atoms with Crippen LogP contribution in [0.3, 0.4) is 0 Å². The quantitative estimate of drug-likeness (QED) is 0.708. The SMILES string of the molecule is CC.CC(C)c1nnc(N)s1. The fourth-order valence-corrected chi connectivity index (χ4v) is 1.09. The van der Waals surface area contributed by atoms with E-state index in [9.17, 15) is 0 Å². The van der Waals surface area contributed by atoms with Gasteiger partial charge in [0.05, 0.1) is 0 Å². The van der Waals surface area contributed by atoms with E-state index in [-0.39, 0.29) is 0 Å². The molecule has 1 heterocycles. The second-order valence-corrected chi connectivity index (χ2v) is 3.17. The van der Waals surface area contributed by atoms with E-state index in [0.717, 1.165) is 5.01 Å². The van der Waals surface area contributed by atoms with Gasteiger partial charge < -0.3 is 5.73 Å². The van der Waals surface area contributed by atoms with Crippen LogP contribution in [0.4, 0.5) is 5.13 Å². The van der Waals surface area contributed by atoms with Crippen LogP contribution >= 0.6 is 11.3 Å². The van der Waals surface area contributed by atoms with Gasteiger partial charge in [0.1, 0.15) is 5.01 Å². The molecule has 3 nitrogen and oxygen atoms in total. The van der Waals surface area contributed by atoms with Gasteiger partial charge in [0, 0.05) is 5.92 Å². The smallest absolute Gasteiger partial charge is 0.203 e. The van der Waals surface area contributed by atoms with Crippen molar-refractivity contribution in [2.45, 2.75) is 33.6 Å². The molecule has 2 N–H and O–H groups in total. The van der Waals surface area contributed by atoms with Gasteiger partial charge in [0.25, 0.3) is 0 Å². The molecule has 0 aliphatic heterocycles. The van der Waals surface area contributed by atoms with Gasteiger partial charge in [-0.05, 0) is 0 Å². The lowest BCUT2D eigenvalue weighted by molar-refractivity contribution is 0.826. The maximum absolute atomic E-state index is 5.36. The summed E-state index contributed by atoms with van der Waals surface area (Å²) in [7, 11) is 0. The molecule has 0 saturated carbocycles. The molecule has 1 aromatic heterocycles. The van der Waals surface area contributed by atoms with Crippen molar-refractivity contribution in [3.05, 3.63) is 5.01 Å². The predicted octanol–water partition coefficient (Wildman–Crippen LogP) is 2.27. The molecule has 1 rings (SSSR count). The Morgan fingerprint density at radius 3 is 2.00 bits per heavy atom. The Kier molecular flexibility index (Phi) is 4.77. The first-order valence-electron chi connectivity index (χ1n) is 3.79. The van der Waals surface area contributed by atoms with Gasteiger partial charge >= 0.3 is 0 Å². The van der Waals surface area contributed by atoms with Crippen LogP contribution in [0.2, 0.25) is 0 Å². The molecule has 0 radical (unpaired) electrons. The fraction of sp³-hybridized carbons (Fsp3) is 0.714. The molecule has 64 valence electrons. The van der Waals surface area contributed by atoms with Crippen LogP contribution in [0.25, 0.3) is 0 Å². The third kappa shape index (κ3) is 3.32. The Labute approximate surface area is 71.6 Å². The molecule has 0 amide bonds. The monoisotopic (exact) mass is 173 g/mol. The molecule has 0 aromatic carbocycles. The van der Waals surface area contributed by atoms with Gasteiger partial charge in [0.2, 0.25) is 5.13 Å². The number of anilines is 1. The van der Waals surface area contributed by atoms with E-state index in [1.165, 1.54) is 11.3 Å². The van der Waals surface area contributed by atoms with Crippen LogP contribution in [0, 0.1) is 0 Å². The molecule has 4 heteroatoms. The Balaban J connectivity index is 0.000000461. The van der Waals surface area contributed by atoms with E-state index < -0.39 is 0 Å². The van der Waals surface area contributed by atoms with Gasteiger partial charge in [-0.1, -0.05) is 39.0 Å². The summed E-state index contributed by atoms with van der Waals surface area (Å²) in [5.74, 6) is 0.444. The van der Waals surface area contributed by atoms with Crippen molar-refractivity contribution in [2.75, 3.05) is 5.73 Å². The van der Waals surface area contributed by atoms with Crippen molar-refractivity contribution < 1.29 is 0 Å². The Hall–Kier alpha value is -0.640.